The van der Waals surface area contributed by atoms with Crippen molar-refractivity contribution < 1.29 is 35.9 Å². The highest BCUT2D eigenvalue weighted by atomic mass is 32.2. The molecule has 1 amide bonds. The number of hydrogen-bond donors (Lipinski definition) is 1. The summed E-state index contributed by atoms with van der Waals surface area (Å²) in [5, 5.41) is 0. The van der Waals surface area contributed by atoms with Crippen LogP contribution in [-0.4, -0.2) is 33.8 Å². The zero-order valence-corrected chi connectivity index (χ0v) is 20.1. The number of ether oxygens (including phenoxy) is 2. The molecule has 0 saturated heterocycles. The van der Waals surface area contributed by atoms with Gasteiger partial charge in [0.05, 0.1) is 21.7 Å². The third-order valence-corrected chi connectivity index (χ3v) is 6.61. The highest BCUT2D eigenvalue weighted by molar-refractivity contribution is 7.92. The van der Waals surface area contributed by atoms with E-state index in [1.807, 2.05) is 13.8 Å². The molecule has 0 saturated carbocycles. The number of anilines is 2. The predicted octanol–water partition coefficient (Wildman–Crippen LogP) is 5.18. The molecule has 1 aliphatic heterocycles. The van der Waals surface area contributed by atoms with E-state index in [2.05, 4.69) is 9.46 Å². The summed E-state index contributed by atoms with van der Waals surface area (Å²) in [5.74, 6) is 0.136. The predicted molar refractivity (Wildman–Crippen MR) is 121 cm³/mol. The van der Waals surface area contributed by atoms with Crippen molar-refractivity contribution in [3.63, 3.8) is 0 Å². The van der Waals surface area contributed by atoms with E-state index in [0.717, 1.165) is 30.7 Å². The van der Waals surface area contributed by atoms with Gasteiger partial charge in [-0.15, -0.1) is 13.2 Å². The molecular weight excluding hydrogens is 473 g/mol. The monoisotopic (exact) mass is 500 g/mol. The number of rotatable bonds is 7. The normalized spacial score (nSPS) is 16.0. The van der Waals surface area contributed by atoms with Gasteiger partial charge < -0.3 is 14.4 Å². The Balaban J connectivity index is 1.89. The van der Waals surface area contributed by atoms with E-state index in [9.17, 15) is 26.4 Å². The van der Waals surface area contributed by atoms with Gasteiger partial charge in [-0.25, -0.2) is 8.42 Å². The lowest BCUT2D eigenvalue weighted by molar-refractivity contribution is -0.274. The molecule has 0 unspecified atom stereocenters. The Bertz CT molecular complexity index is 1150. The van der Waals surface area contributed by atoms with Crippen LogP contribution in [0.4, 0.5) is 24.5 Å². The van der Waals surface area contributed by atoms with Crippen LogP contribution in [-0.2, 0) is 14.8 Å². The van der Waals surface area contributed by atoms with E-state index >= 15 is 0 Å². The quantitative estimate of drug-likeness (QED) is 0.566. The third-order valence-electron chi connectivity index (χ3n) is 5.21. The van der Waals surface area contributed by atoms with Gasteiger partial charge >= 0.3 is 6.36 Å². The fraction of sp³-hybridized carbons (Fsp3) is 0.435. The van der Waals surface area contributed by atoms with Gasteiger partial charge in [-0.2, -0.15) is 0 Å². The van der Waals surface area contributed by atoms with Crippen molar-refractivity contribution in [1.82, 2.24) is 0 Å². The van der Waals surface area contributed by atoms with Gasteiger partial charge in [0, 0.05) is 6.54 Å². The average Bonchev–Trinajstić information content (AvgIpc) is 2.80. The number of fused-ring (bicyclic) bond motifs is 1. The lowest BCUT2D eigenvalue weighted by Gasteiger charge is -2.28. The van der Waals surface area contributed by atoms with Crippen LogP contribution in [0.15, 0.2) is 47.4 Å². The molecule has 0 aliphatic carbocycles. The number of halogens is 3. The molecule has 0 atom stereocenters. The number of alkyl halides is 3. The van der Waals surface area contributed by atoms with Gasteiger partial charge in [-0.05, 0) is 68.7 Å². The highest BCUT2D eigenvalue weighted by Crippen LogP contribution is 2.39. The smallest absolute Gasteiger partial charge is 0.490 e. The van der Waals surface area contributed by atoms with E-state index in [0.29, 0.717) is 23.9 Å². The largest absolute Gasteiger partial charge is 0.573 e. The van der Waals surface area contributed by atoms with Crippen LogP contribution in [0.1, 0.15) is 34.1 Å². The summed E-state index contributed by atoms with van der Waals surface area (Å²) >= 11 is 0. The molecule has 1 aliphatic rings. The Morgan fingerprint density at radius 2 is 1.79 bits per heavy atom. The van der Waals surface area contributed by atoms with Gasteiger partial charge in [0.25, 0.3) is 10.0 Å². The minimum atomic E-state index is -4.88. The molecule has 0 spiro atoms. The van der Waals surface area contributed by atoms with Crippen molar-refractivity contribution in [3.05, 3.63) is 42.5 Å². The molecule has 2 aromatic rings. The molecule has 2 aromatic carbocycles. The number of amides is 1. The summed E-state index contributed by atoms with van der Waals surface area (Å²) in [6, 6.07) is 8.47. The van der Waals surface area contributed by atoms with Crippen molar-refractivity contribution in [2.24, 2.45) is 11.3 Å². The van der Waals surface area contributed by atoms with Crippen molar-refractivity contribution in [2.75, 3.05) is 22.8 Å². The van der Waals surface area contributed by atoms with Gasteiger partial charge in [-0.1, -0.05) is 13.8 Å². The topological polar surface area (TPSA) is 84.9 Å². The van der Waals surface area contributed by atoms with Crippen LogP contribution in [0.2, 0.25) is 0 Å². The average molecular weight is 501 g/mol. The van der Waals surface area contributed by atoms with Gasteiger partial charge in [0.15, 0.2) is 0 Å². The Hall–Kier alpha value is -2.95. The second-order valence-corrected chi connectivity index (χ2v) is 10.8. The SMILES string of the molecule is CC(C)CCN1C(=O)C(C)(C)COc2ccc(NS(=O)(=O)c3ccc(OC(F)(F)F)cc3)cc21. The number of benzene rings is 2. The van der Waals surface area contributed by atoms with Gasteiger partial charge in [0.1, 0.15) is 18.1 Å². The summed E-state index contributed by atoms with van der Waals surface area (Å²) in [6.45, 7) is 8.28. The summed E-state index contributed by atoms with van der Waals surface area (Å²) in [5.41, 5.74) is -0.138. The minimum absolute atomic E-state index is 0.132. The third kappa shape index (κ3) is 6.13. The van der Waals surface area contributed by atoms with Crippen molar-refractivity contribution in [2.45, 2.75) is 45.4 Å². The minimum Gasteiger partial charge on any atom is -0.490 e. The lowest BCUT2D eigenvalue weighted by Crippen LogP contribution is -2.42. The molecule has 0 fully saturated rings. The number of nitrogens with one attached hydrogen (secondary N) is 1. The fourth-order valence-electron chi connectivity index (χ4n) is 3.35. The van der Waals surface area contributed by atoms with E-state index in [4.69, 9.17) is 4.74 Å². The van der Waals surface area contributed by atoms with E-state index in [1.54, 1.807) is 24.8 Å². The van der Waals surface area contributed by atoms with Crippen molar-refractivity contribution in [3.8, 4) is 11.5 Å². The zero-order valence-electron chi connectivity index (χ0n) is 19.3. The first kappa shape index (κ1) is 25.7. The molecule has 34 heavy (non-hydrogen) atoms. The Morgan fingerprint density at radius 3 is 2.38 bits per heavy atom. The lowest BCUT2D eigenvalue weighted by atomic mass is 9.92. The molecule has 1 N–H and O–H groups in total. The molecule has 0 radical (unpaired) electrons. The summed E-state index contributed by atoms with van der Waals surface area (Å²) in [7, 11) is -4.12. The van der Waals surface area contributed by atoms with E-state index in [-0.39, 0.29) is 23.1 Å². The molecule has 186 valence electrons. The van der Waals surface area contributed by atoms with Crippen LogP contribution >= 0.6 is 0 Å². The summed E-state index contributed by atoms with van der Waals surface area (Å²) in [6.07, 6.45) is -4.14. The fourth-order valence-corrected chi connectivity index (χ4v) is 4.40. The van der Waals surface area contributed by atoms with Crippen LogP contribution in [0, 0.1) is 11.3 Å². The van der Waals surface area contributed by atoms with Gasteiger partial charge in [0.2, 0.25) is 5.91 Å². The van der Waals surface area contributed by atoms with Crippen molar-refractivity contribution >= 4 is 27.3 Å². The molecule has 1 heterocycles. The first-order valence-electron chi connectivity index (χ1n) is 10.7. The second-order valence-electron chi connectivity index (χ2n) is 9.12. The van der Waals surface area contributed by atoms with Crippen LogP contribution < -0.4 is 19.1 Å². The van der Waals surface area contributed by atoms with Crippen LogP contribution in [0.5, 0.6) is 11.5 Å². The highest BCUT2D eigenvalue weighted by Gasteiger charge is 2.38. The van der Waals surface area contributed by atoms with Gasteiger partial charge in [-0.3, -0.25) is 9.52 Å². The molecule has 3 rings (SSSR count). The maximum absolute atomic E-state index is 13.2. The molecule has 0 bridgehead atoms. The first-order valence-corrected chi connectivity index (χ1v) is 12.1. The molecular formula is C23H27F3N2O5S. The number of carbonyl (C=O) groups excluding carboxylic acids is 1. The van der Waals surface area contributed by atoms with E-state index in [1.165, 1.54) is 12.1 Å². The number of hydrogen-bond acceptors (Lipinski definition) is 5. The molecule has 0 aromatic heterocycles. The Labute approximate surface area is 196 Å². The standard InChI is InChI=1S/C23H27F3N2O5S/c1-15(2)11-12-28-19-13-16(5-10-20(19)32-14-22(3,4)21(28)29)27-34(30,31)18-8-6-17(7-9-18)33-23(24,25)26/h5-10,13,15,27H,11-12,14H2,1-4H3. The maximum atomic E-state index is 13.2. The Morgan fingerprint density at radius 1 is 1.15 bits per heavy atom. The van der Waals surface area contributed by atoms with Crippen molar-refractivity contribution in [1.29, 1.82) is 0 Å². The number of nitrogens with zero attached hydrogens (tertiary/aromatic N) is 1. The van der Waals surface area contributed by atoms with Crippen LogP contribution in [0.3, 0.4) is 0 Å². The second kappa shape index (κ2) is 9.36. The number of sulfonamides is 1. The van der Waals surface area contributed by atoms with Crippen LogP contribution in [0.25, 0.3) is 0 Å². The molecule has 11 heteroatoms. The number of carbonyl (C=O) groups is 1. The maximum Gasteiger partial charge on any atom is 0.573 e. The summed E-state index contributed by atoms with van der Waals surface area (Å²) < 4.78 is 74.7. The zero-order chi connectivity index (χ0) is 25.3. The molecule has 7 nitrogen and oxygen atoms in total. The summed E-state index contributed by atoms with van der Waals surface area (Å²) in [4.78, 5) is 14.6. The Kier molecular flexibility index (Phi) is 7.07. The van der Waals surface area contributed by atoms with E-state index < -0.39 is 27.6 Å². The first-order chi connectivity index (χ1) is 15.7.